The summed E-state index contributed by atoms with van der Waals surface area (Å²) < 4.78 is 29.2. The van der Waals surface area contributed by atoms with Crippen molar-refractivity contribution in [2.75, 3.05) is 18.8 Å². The van der Waals surface area contributed by atoms with Gasteiger partial charge in [0.25, 0.3) is 0 Å². The molecule has 246 valence electrons. The number of nitrogens with zero attached hydrogens (tertiary/aromatic N) is 5. The Morgan fingerprint density at radius 2 is 1.53 bits per heavy atom. The Morgan fingerprint density at radius 3 is 2.16 bits per heavy atom. The number of hydrogen-bond donors (Lipinski definition) is 1. The lowest BCUT2D eigenvalue weighted by molar-refractivity contribution is -0.145. The van der Waals surface area contributed by atoms with Crippen LogP contribution in [0.15, 0.2) is 43.0 Å². The number of aromatic nitrogens is 4. The number of fused-ring (bicyclic) bond motifs is 1. The maximum Gasteiger partial charge on any atom is 0.325 e. The summed E-state index contributed by atoms with van der Waals surface area (Å²) in [6, 6.07) is 15.5. The van der Waals surface area contributed by atoms with Gasteiger partial charge in [0.1, 0.15) is 42.8 Å². The number of hydrogen-bond acceptors (Lipinski definition) is 10. The fourth-order valence-electron chi connectivity index (χ4n) is 6.64. The van der Waals surface area contributed by atoms with E-state index in [1.54, 1.807) is 6.33 Å². The van der Waals surface area contributed by atoms with Gasteiger partial charge in [-0.05, 0) is 41.8 Å². The lowest BCUT2D eigenvalue weighted by atomic mass is 10.1. The lowest BCUT2D eigenvalue weighted by Crippen LogP contribution is -2.52. The number of imidazole rings is 1. The van der Waals surface area contributed by atoms with Crippen LogP contribution in [0.3, 0.4) is 0 Å². The molecule has 0 saturated carbocycles. The Hall–Kier alpha value is -2.69. The Kier molecular flexibility index (Phi) is 10.8. The molecular formula is C32H50N6O5Si2. The SMILES string of the molecule is CC[Si](CC)(CC)O[C@@H]1[C@H](O[Si](CC)(CC)CC)[C@@H](CN2CC2C(=O)OCc2ccccc2)O[C@H]1n1cnc2c(N)ncnc21. The van der Waals surface area contributed by atoms with E-state index in [-0.39, 0.29) is 36.9 Å². The Bertz CT molecular complexity index is 1400. The van der Waals surface area contributed by atoms with E-state index in [1.165, 1.54) is 6.33 Å². The number of ether oxygens (including phenoxy) is 2. The molecule has 5 rings (SSSR count). The molecule has 4 heterocycles. The van der Waals surface area contributed by atoms with Gasteiger partial charge in [0.05, 0.1) is 6.33 Å². The molecule has 45 heavy (non-hydrogen) atoms. The van der Waals surface area contributed by atoms with Gasteiger partial charge in [-0.15, -0.1) is 0 Å². The van der Waals surface area contributed by atoms with Gasteiger partial charge in [0.15, 0.2) is 34.3 Å². The Labute approximate surface area is 269 Å². The number of benzene rings is 1. The minimum Gasteiger partial charge on any atom is -0.460 e. The average Bonchev–Trinajstić information content (AvgIpc) is 3.60. The second kappa shape index (κ2) is 14.4. The van der Waals surface area contributed by atoms with Crippen molar-refractivity contribution >= 4 is 39.6 Å². The van der Waals surface area contributed by atoms with E-state index < -0.39 is 22.9 Å². The molecule has 3 aromatic rings. The lowest BCUT2D eigenvalue weighted by Gasteiger charge is -2.39. The molecule has 13 heteroatoms. The smallest absolute Gasteiger partial charge is 0.325 e. The monoisotopic (exact) mass is 654 g/mol. The normalized spacial score (nSPS) is 25.1. The van der Waals surface area contributed by atoms with Crippen LogP contribution >= 0.6 is 0 Å². The molecule has 0 radical (unpaired) electrons. The molecule has 2 saturated heterocycles. The fraction of sp³-hybridized carbons (Fsp3) is 0.625. The Morgan fingerprint density at radius 1 is 0.911 bits per heavy atom. The first-order valence-corrected chi connectivity index (χ1v) is 21.7. The molecule has 0 aliphatic carbocycles. The molecule has 2 fully saturated rings. The van der Waals surface area contributed by atoms with E-state index in [0.29, 0.717) is 30.1 Å². The van der Waals surface area contributed by atoms with Crippen molar-refractivity contribution in [1.29, 1.82) is 0 Å². The summed E-state index contributed by atoms with van der Waals surface area (Å²) >= 11 is 0. The van der Waals surface area contributed by atoms with Gasteiger partial charge in [-0.2, -0.15) is 0 Å². The summed E-state index contributed by atoms with van der Waals surface area (Å²) in [6.07, 6.45) is 1.68. The van der Waals surface area contributed by atoms with Crippen molar-refractivity contribution in [2.45, 2.75) is 115 Å². The maximum absolute atomic E-state index is 13.0. The predicted molar refractivity (Wildman–Crippen MR) is 179 cm³/mol. The van der Waals surface area contributed by atoms with Crippen LogP contribution in [-0.2, 0) is 29.7 Å². The second-order valence-corrected chi connectivity index (χ2v) is 21.8. The summed E-state index contributed by atoms with van der Waals surface area (Å²) in [5.74, 6) is 0.119. The summed E-state index contributed by atoms with van der Waals surface area (Å²) in [7, 11) is -4.21. The highest BCUT2D eigenvalue weighted by molar-refractivity contribution is 6.74. The zero-order chi connectivity index (χ0) is 32.2. The van der Waals surface area contributed by atoms with Gasteiger partial charge in [-0.1, -0.05) is 71.9 Å². The van der Waals surface area contributed by atoms with Crippen molar-refractivity contribution in [1.82, 2.24) is 24.4 Å². The minimum absolute atomic E-state index is 0.208. The number of nitrogen functional groups attached to an aromatic ring is 1. The highest BCUT2D eigenvalue weighted by Gasteiger charge is 2.55. The second-order valence-electron chi connectivity index (χ2n) is 12.4. The highest BCUT2D eigenvalue weighted by Crippen LogP contribution is 2.42. The number of esters is 1. The molecule has 0 spiro atoms. The standard InChI is InChI=1S/C32H50N6O5Si2/c1-7-44(8-2,9-3)42-27-25(19-37-18-24(37)32(39)40-20-23-16-14-13-15-17-23)41-31(28(27)43-45(10-4,11-5)12-6)38-22-36-26-29(33)34-21-35-30(26)38/h13-17,21-22,24-25,27-28,31H,7-12,18-20H2,1-6H3,(H2,33,34,35)/t24?,25-,27-,28-,31-,37?/m1/s1. The fourth-order valence-corrected chi connectivity index (χ4v) is 12.3. The minimum atomic E-state index is -2.11. The van der Waals surface area contributed by atoms with Crippen LogP contribution in [-0.4, -0.2) is 84.5 Å². The van der Waals surface area contributed by atoms with Crippen LogP contribution in [0, 0.1) is 0 Å². The van der Waals surface area contributed by atoms with Gasteiger partial charge in [0, 0.05) is 13.1 Å². The maximum atomic E-state index is 13.0. The van der Waals surface area contributed by atoms with Crippen molar-refractivity contribution in [3.8, 4) is 0 Å². The summed E-state index contributed by atoms with van der Waals surface area (Å²) in [4.78, 5) is 28.4. The van der Waals surface area contributed by atoms with E-state index in [0.717, 1.165) is 41.8 Å². The number of carbonyl (C=O) groups excluding carboxylic acids is 1. The largest absolute Gasteiger partial charge is 0.460 e. The van der Waals surface area contributed by atoms with Gasteiger partial charge < -0.3 is 24.1 Å². The molecule has 11 nitrogen and oxygen atoms in total. The van der Waals surface area contributed by atoms with Crippen LogP contribution in [0.1, 0.15) is 53.3 Å². The third kappa shape index (κ3) is 7.03. The number of nitrogens with two attached hydrogens (primary N) is 1. The third-order valence-electron chi connectivity index (χ3n) is 10.2. The molecule has 2 aromatic heterocycles. The van der Waals surface area contributed by atoms with E-state index in [9.17, 15) is 4.79 Å². The zero-order valence-electron chi connectivity index (χ0n) is 27.6. The average molecular weight is 655 g/mol. The Balaban J connectivity index is 1.46. The van der Waals surface area contributed by atoms with Crippen molar-refractivity contribution in [2.24, 2.45) is 0 Å². The van der Waals surface area contributed by atoms with Crippen LogP contribution in [0.5, 0.6) is 0 Å². The molecule has 6 atom stereocenters. The number of anilines is 1. The molecule has 2 aliphatic heterocycles. The third-order valence-corrected chi connectivity index (χ3v) is 19.5. The summed E-state index contributed by atoms with van der Waals surface area (Å²) in [5.41, 5.74) is 8.30. The van der Waals surface area contributed by atoms with Crippen LogP contribution in [0.25, 0.3) is 11.2 Å². The topological polar surface area (TPSA) is 127 Å². The quantitative estimate of drug-likeness (QED) is 0.120. The van der Waals surface area contributed by atoms with Crippen molar-refractivity contribution < 1.29 is 23.1 Å². The van der Waals surface area contributed by atoms with E-state index >= 15 is 0 Å². The first-order chi connectivity index (χ1) is 21.8. The van der Waals surface area contributed by atoms with Crippen molar-refractivity contribution in [3.63, 3.8) is 0 Å². The van der Waals surface area contributed by atoms with Crippen LogP contribution < -0.4 is 5.73 Å². The predicted octanol–water partition coefficient (Wildman–Crippen LogP) is 5.51. The number of rotatable bonds is 16. The molecule has 1 aromatic carbocycles. The molecule has 2 N–H and O–H groups in total. The van der Waals surface area contributed by atoms with Crippen LogP contribution in [0.2, 0.25) is 36.3 Å². The zero-order valence-corrected chi connectivity index (χ0v) is 29.6. The first-order valence-electron chi connectivity index (χ1n) is 16.6. The van der Waals surface area contributed by atoms with Crippen molar-refractivity contribution in [3.05, 3.63) is 48.5 Å². The summed E-state index contributed by atoms with van der Waals surface area (Å²) in [5, 5.41) is 0. The van der Waals surface area contributed by atoms with E-state index in [1.807, 2.05) is 34.9 Å². The molecule has 0 amide bonds. The van der Waals surface area contributed by atoms with E-state index in [4.69, 9.17) is 24.1 Å². The molecule has 2 unspecified atom stereocenters. The molecule has 0 bridgehead atoms. The first kappa shape index (κ1) is 33.7. The highest BCUT2D eigenvalue weighted by atomic mass is 28.4. The van der Waals surface area contributed by atoms with E-state index in [2.05, 4.69) is 61.4 Å². The van der Waals surface area contributed by atoms with Gasteiger partial charge in [-0.3, -0.25) is 14.3 Å². The van der Waals surface area contributed by atoms with Gasteiger partial charge in [0.2, 0.25) is 0 Å². The van der Waals surface area contributed by atoms with Crippen LogP contribution in [0.4, 0.5) is 5.82 Å². The number of carbonyl (C=O) groups is 1. The van der Waals surface area contributed by atoms with Gasteiger partial charge in [-0.25, -0.2) is 15.0 Å². The molecular weight excluding hydrogens is 605 g/mol. The van der Waals surface area contributed by atoms with Gasteiger partial charge >= 0.3 is 5.97 Å². The summed E-state index contributed by atoms with van der Waals surface area (Å²) in [6.45, 7) is 14.9. The molecule has 2 aliphatic rings.